The van der Waals surface area contributed by atoms with Crippen molar-refractivity contribution in [3.05, 3.63) is 59.8 Å². The number of ether oxygens (including phenoxy) is 1. The van der Waals surface area contributed by atoms with Gasteiger partial charge in [0.25, 0.3) is 5.91 Å². The van der Waals surface area contributed by atoms with Crippen molar-refractivity contribution in [2.75, 3.05) is 26.2 Å². The molecule has 3 heterocycles. The molecule has 0 bridgehead atoms. The topological polar surface area (TPSA) is 83.2 Å². The molecule has 1 N–H and O–H groups in total. The van der Waals surface area contributed by atoms with Crippen molar-refractivity contribution in [2.45, 2.75) is 31.3 Å². The number of carboxylic acids is 1. The summed E-state index contributed by atoms with van der Waals surface area (Å²) in [4.78, 5) is 25.6. The largest absolute Gasteiger partial charge is 0.490 e. The highest BCUT2D eigenvalue weighted by atomic mass is 19.4. The predicted molar refractivity (Wildman–Crippen MR) is 103 cm³/mol. The number of nitrogens with zero attached hydrogens (tertiary/aromatic N) is 2. The quantitative estimate of drug-likeness (QED) is 0.709. The van der Waals surface area contributed by atoms with Crippen LogP contribution >= 0.6 is 0 Å². The fourth-order valence-corrected chi connectivity index (χ4v) is 3.69. The minimum absolute atomic E-state index is 0.0177. The average molecular weight is 458 g/mol. The molecule has 32 heavy (non-hydrogen) atoms. The molecule has 2 aliphatic heterocycles. The molecule has 174 valence electrons. The molecule has 2 fully saturated rings. The number of carbonyl (C=O) groups is 2. The van der Waals surface area contributed by atoms with Crippen molar-refractivity contribution in [1.82, 2.24) is 9.80 Å². The Hall–Kier alpha value is -2.92. The number of carboxylic acid groups (broad SMARTS) is 1. The summed E-state index contributed by atoms with van der Waals surface area (Å²) >= 11 is 0. The molecule has 2 aromatic rings. The van der Waals surface area contributed by atoms with E-state index >= 15 is 0 Å². The van der Waals surface area contributed by atoms with Crippen LogP contribution in [0, 0.1) is 5.82 Å². The second-order valence-electron chi connectivity index (χ2n) is 7.47. The average Bonchev–Trinajstić information content (AvgIpc) is 3.41. The van der Waals surface area contributed by atoms with Crippen molar-refractivity contribution in [2.24, 2.45) is 0 Å². The summed E-state index contributed by atoms with van der Waals surface area (Å²) in [7, 11) is 0. The predicted octanol–water partition coefficient (Wildman–Crippen LogP) is 3.17. The van der Waals surface area contributed by atoms with Crippen molar-refractivity contribution in [3.63, 3.8) is 0 Å². The number of alkyl halides is 3. The number of amides is 1. The summed E-state index contributed by atoms with van der Waals surface area (Å²) in [5.41, 5.74) is 1.18. The van der Waals surface area contributed by atoms with E-state index in [2.05, 4.69) is 4.90 Å². The van der Waals surface area contributed by atoms with Crippen LogP contribution in [0.5, 0.6) is 0 Å². The van der Waals surface area contributed by atoms with E-state index < -0.39 is 12.1 Å². The molecule has 0 radical (unpaired) electrons. The van der Waals surface area contributed by atoms with Crippen LogP contribution in [0.2, 0.25) is 0 Å². The van der Waals surface area contributed by atoms with Gasteiger partial charge in [-0.1, -0.05) is 18.2 Å². The summed E-state index contributed by atoms with van der Waals surface area (Å²) in [5.74, 6) is -2.97. The molecule has 1 aromatic carbocycles. The standard InChI is InChI=1S/C19H21FN2O3.C2HF3O2/c20-18-4-2-1-3-14(18)13-25-17-9-16-10-22(7-6-21(16)11-17)19(23)15-5-8-24-12-15;3-2(4,5)1(6)7/h1-5,8,12,16-17H,6-7,9-11,13H2;(H,6,7)/t16-,17+;/m0./s1. The van der Waals surface area contributed by atoms with Gasteiger partial charge in [0.15, 0.2) is 0 Å². The molecule has 0 saturated carbocycles. The minimum Gasteiger partial charge on any atom is -0.475 e. The highest BCUT2D eigenvalue weighted by molar-refractivity contribution is 5.93. The Bertz CT molecular complexity index is 919. The van der Waals surface area contributed by atoms with E-state index in [1.54, 1.807) is 18.2 Å². The van der Waals surface area contributed by atoms with Crippen LogP contribution in [0.15, 0.2) is 47.3 Å². The molecule has 1 amide bonds. The number of carbonyl (C=O) groups excluding carboxylic acids is 1. The Morgan fingerprint density at radius 2 is 1.88 bits per heavy atom. The van der Waals surface area contributed by atoms with E-state index in [4.69, 9.17) is 19.1 Å². The molecule has 4 rings (SSSR count). The van der Waals surface area contributed by atoms with E-state index in [1.807, 2.05) is 11.0 Å². The first-order valence-electron chi connectivity index (χ1n) is 9.85. The molecule has 2 atom stereocenters. The van der Waals surface area contributed by atoms with Gasteiger partial charge in [0.05, 0.1) is 24.5 Å². The first-order chi connectivity index (χ1) is 15.1. The van der Waals surface area contributed by atoms with Gasteiger partial charge >= 0.3 is 12.1 Å². The number of hydrogen-bond donors (Lipinski definition) is 1. The maximum atomic E-state index is 13.7. The van der Waals surface area contributed by atoms with Gasteiger partial charge < -0.3 is 19.2 Å². The van der Waals surface area contributed by atoms with Crippen LogP contribution in [-0.4, -0.2) is 71.3 Å². The molecule has 7 nitrogen and oxygen atoms in total. The second kappa shape index (κ2) is 10.1. The van der Waals surface area contributed by atoms with Gasteiger partial charge in [-0.3, -0.25) is 9.69 Å². The molecule has 0 unspecified atom stereocenters. The Labute approximate surface area is 181 Å². The second-order valence-corrected chi connectivity index (χ2v) is 7.47. The van der Waals surface area contributed by atoms with Crippen molar-refractivity contribution >= 4 is 11.9 Å². The van der Waals surface area contributed by atoms with E-state index in [-0.39, 0.29) is 24.4 Å². The first kappa shape index (κ1) is 23.7. The minimum atomic E-state index is -5.08. The van der Waals surface area contributed by atoms with Gasteiger partial charge in [0.2, 0.25) is 0 Å². The lowest BCUT2D eigenvalue weighted by Crippen LogP contribution is -2.52. The monoisotopic (exact) mass is 458 g/mol. The summed E-state index contributed by atoms with van der Waals surface area (Å²) in [6.07, 6.45) is -1.13. The number of piperazine rings is 1. The lowest BCUT2D eigenvalue weighted by molar-refractivity contribution is -0.192. The molecular formula is C21H22F4N2O5. The number of halogens is 4. The highest BCUT2D eigenvalue weighted by Gasteiger charge is 2.39. The van der Waals surface area contributed by atoms with Gasteiger partial charge in [-0.25, -0.2) is 9.18 Å². The molecular weight excluding hydrogens is 436 g/mol. The number of fused-ring (bicyclic) bond motifs is 1. The number of benzene rings is 1. The Kier molecular flexibility index (Phi) is 7.52. The zero-order valence-corrected chi connectivity index (χ0v) is 16.9. The Morgan fingerprint density at radius 3 is 2.50 bits per heavy atom. The Morgan fingerprint density at radius 1 is 1.16 bits per heavy atom. The third-order valence-electron chi connectivity index (χ3n) is 5.31. The van der Waals surface area contributed by atoms with Crippen LogP contribution in [0.25, 0.3) is 0 Å². The Balaban J connectivity index is 0.000000360. The van der Waals surface area contributed by atoms with Crippen LogP contribution in [0.3, 0.4) is 0 Å². The zero-order chi connectivity index (χ0) is 23.3. The van der Waals surface area contributed by atoms with E-state index in [9.17, 15) is 22.4 Å². The third-order valence-corrected chi connectivity index (χ3v) is 5.31. The summed E-state index contributed by atoms with van der Waals surface area (Å²) in [6, 6.07) is 8.71. The van der Waals surface area contributed by atoms with Crippen molar-refractivity contribution < 1.29 is 41.4 Å². The molecule has 1 aromatic heterocycles. The van der Waals surface area contributed by atoms with Gasteiger partial charge in [0.1, 0.15) is 12.1 Å². The number of aliphatic carboxylic acids is 1. The number of hydrogen-bond acceptors (Lipinski definition) is 5. The fraction of sp³-hybridized carbons (Fsp3) is 0.429. The zero-order valence-electron chi connectivity index (χ0n) is 16.9. The lowest BCUT2D eigenvalue weighted by atomic mass is 10.1. The van der Waals surface area contributed by atoms with Gasteiger partial charge in [-0.2, -0.15) is 13.2 Å². The van der Waals surface area contributed by atoms with E-state index in [0.29, 0.717) is 30.3 Å². The van der Waals surface area contributed by atoms with Crippen LogP contribution in [-0.2, 0) is 16.1 Å². The molecule has 11 heteroatoms. The maximum absolute atomic E-state index is 13.7. The summed E-state index contributed by atoms with van der Waals surface area (Å²) < 4.78 is 56.4. The third kappa shape index (κ3) is 6.07. The van der Waals surface area contributed by atoms with Gasteiger partial charge in [-0.05, 0) is 18.6 Å². The first-order valence-corrected chi connectivity index (χ1v) is 9.85. The SMILES string of the molecule is O=C(O)C(F)(F)F.O=C(c1ccoc1)N1CCN2C[C@H](OCc3ccccc3F)C[C@H]2C1. The smallest absolute Gasteiger partial charge is 0.475 e. The summed E-state index contributed by atoms with van der Waals surface area (Å²) in [5, 5.41) is 7.12. The molecule has 2 aliphatic rings. The molecule has 2 saturated heterocycles. The normalized spacial score (nSPS) is 20.9. The maximum Gasteiger partial charge on any atom is 0.490 e. The van der Waals surface area contributed by atoms with E-state index in [1.165, 1.54) is 18.6 Å². The van der Waals surface area contributed by atoms with E-state index in [0.717, 1.165) is 19.5 Å². The molecule has 0 aliphatic carbocycles. The van der Waals surface area contributed by atoms with Gasteiger partial charge in [0, 0.05) is 37.8 Å². The molecule has 0 spiro atoms. The van der Waals surface area contributed by atoms with Crippen LogP contribution in [0.1, 0.15) is 22.3 Å². The van der Waals surface area contributed by atoms with Crippen molar-refractivity contribution in [3.8, 4) is 0 Å². The highest BCUT2D eigenvalue weighted by Crippen LogP contribution is 2.26. The van der Waals surface area contributed by atoms with Gasteiger partial charge in [-0.15, -0.1) is 0 Å². The summed E-state index contributed by atoms with van der Waals surface area (Å²) in [6.45, 7) is 3.38. The van der Waals surface area contributed by atoms with Crippen molar-refractivity contribution in [1.29, 1.82) is 0 Å². The number of rotatable bonds is 4. The number of furan rings is 1. The fourth-order valence-electron chi connectivity index (χ4n) is 3.69. The van der Waals surface area contributed by atoms with Crippen LogP contribution in [0.4, 0.5) is 17.6 Å². The lowest BCUT2D eigenvalue weighted by Gasteiger charge is -2.37. The van der Waals surface area contributed by atoms with Crippen LogP contribution < -0.4 is 0 Å².